The molecule has 90 valence electrons. The Kier molecular flexibility index (Phi) is 4.77. The lowest BCUT2D eigenvalue weighted by molar-refractivity contribution is 1.17. The van der Waals surface area contributed by atoms with Gasteiger partial charge in [0, 0.05) is 19.7 Å². The summed E-state index contributed by atoms with van der Waals surface area (Å²) in [6, 6.07) is 3.57. The highest BCUT2D eigenvalue weighted by Gasteiger charge is 2.07. The molecule has 17 heavy (non-hydrogen) atoms. The first-order chi connectivity index (χ1) is 8.06. The smallest absolute Gasteiger partial charge is 0.183 e. The number of nitrogens with one attached hydrogen (secondary N) is 1. The highest BCUT2D eigenvalue weighted by Crippen LogP contribution is 2.32. The molecule has 0 atom stereocenters. The van der Waals surface area contributed by atoms with E-state index in [1.165, 1.54) is 11.3 Å². The maximum Gasteiger partial charge on any atom is 0.183 e. The molecule has 0 saturated heterocycles. The van der Waals surface area contributed by atoms with Gasteiger partial charge in [-0.3, -0.25) is 0 Å². The molecule has 0 unspecified atom stereocenters. The molecule has 0 aliphatic carbocycles. The van der Waals surface area contributed by atoms with Crippen LogP contribution in [0.25, 0.3) is 0 Å². The lowest BCUT2D eigenvalue weighted by atomic mass is 10.3. The van der Waals surface area contributed by atoms with Crippen LogP contribution in [0.2, 0.25) is 14.5 Å². The summed E-state index contributed by atoms with van der Waals surface area (Å²) in [7, 11) is 0. The minimum absolute atomic E-state index is 0.540. The van der Waals surface area contributed by atoms with Gasteiger partial charge in [-0.2, -0.15) is 0 Å². The lowest BCUT2D eigenvalue weighted by Crippen LogP contribution is -2.00. The summed E-state index contributed by atoms with van der Waals surface area (Å²) >= 11 is 21.4. The first-order valence-electron chi connectivity index (χ1n) is 4.55. The Balaban J connectivity index is 2.14. The van der Waals surface area contributed by atoms with Crippen LogP contribution in [0.4, 0.5) is 5.69 Å². The van der Waals surface area contributed by atoms with Crippen LogP contribution in [-0.2, 0) is 6.54 Å². The zero-order valence-electron chi connectivity index (χ0n) is 8.31. The van der Waals surface area contributed by atoms with Gasteiger partial charge in [-0.25, -0.2) is 4.98 Å². The molecule has 0 radical (unpaired) electrons. The van der Waals surface area contributed by atoms with Crippen molar-refractivity contribution in [3.05, 3.63) is 41.3 Å². The van der Waals surface area contributed by atoms with E-state index in [1.54, 1.807) is 12.3 Å². The van der Waals surface area contributed by atoms with Crippen molar-refractivity contribution < 1.29 is 0 Å². The quantitative estimate of drug-likeness (QED) is 0.681. The van der Waals surface area contributed by atoms with Crippen molar-refractivity contribution >= 4 is 74.4 Å². The van der Waals surface area contributed by atoms with E-state index in [2.05, 4.69) is 32.9 Å². The number of halogens is 4. The second kappa shape index (κ2) is 5.93. The predicted molar refractivity (Wildman–Crippen MR) is 83.6 cm³/mol. The van der Waals surface area contributed by atoms with Gasteiger partial charge in [-0.05, 0) is 34.7 Å². The van der Waals surface area contributed by atoms with Crippen molar-refractivity contribution in [3.63, 3.8) is 0 Å². The number of aromatic nitrogens is 1. The van der Waals surface area contributed by atoms with Crippen LogP contribution in [0.1, 0.15) is 4.88 Å². The first kappa shape index (κ1) is 13.7. The van der Waals surface area contributed by atoms with Gasteiger partial charge >= 0.3 is 0 Å². The molecule has 7 heteroatoms. The molecule has 1 aromatic heterocycles. The third kappa shape index (κ3) is 3.61. The minimum atomic E-state index is 0.540. The topological polar surface area (TPSA) is 24.9 Å². The Morgan fingerprint density at radius 2 is 2.06 bits per heavy atom. The molecule has 1 aromatic carbocycles. The molecular weight excluding hydrogens is 413 g/mol. The molecular formula is C10H6Cl3IN2S. The molecule has 0 spiro atoms. The van der Waals surface area contributed by atoms with Crippen LogP contribution in [-0.4, -0.2) is 4.98 Å². The van der Waals surface area contributed by atoms with Crippen molar-refractivity contribution in [1.82, 2.24) is 4.98 Å². The molecule has 0 aliphatic rings. The third-order valence-corrected chi connectivity index (χ3v) is 4.45. The number of benzene rings is 1. The fourth-order valence-electron chi connectivity index (χ4n) is 1.25. The van der Waals surface area contributed by atoms with E-state index in [9.17, 15) is 0 Å². The summed E-state index contributed by atoms with van der Waals surface area (Å²) < 4.78 is 1.52. The van der Waals surface area contributed by atoms with Gasteiger partial charge in [0.25, 0.3) is 0 Å². The standard InChI is InChI=1S/C10H6Cl3IN2S/c11-5-1-7(12)9(8(14)2-5)15-3-6-4-16-10(13)17-6/h1-2,4,15H,3H2. The van der Waals surface area contributed by atoms with Crippen LogP contribution in [0, 0.1) is 3.57 Å². The summed E-state index contributed by atoms with van der Waals surface area (Å²) in [6.45, 7) is 0.641. The minimum Gasteiger partial charge on any atom is -0.378 e. The molecule has 1 heterocycles. The zero-order valence-corrected chi connectivity index (χ0v) is 13.5. The summed E-state index contributed by atoms with van der Waals surface area (Å²) in [6.07, 6.45) is 1.75. The van der Waals surface area contributed by atoms with Crippen LogP contribution in [0.15, 0.2) is 18.3 Å². The fraction of sp³-hybridized carbons (Fsp3) is 0.100. The van der Waals surface area contributed by atoms with E-state index in [-0.39, 0.29) is 0 Å². The predicted octanol–water partition coefficient (Wildman–Crippen LogP) is 5.32. The normalized spacial score (nSPS) is 10.6. The molecule has 0 saturated carbocycles. The average Bonchev–Trinajstić information content (AvgIpc) is 2.62. The second-order valence-corrected chi connectivity index (χ2v) is 6.88. The van der Waals surface area contributed by atoms with Gasteiger partial charge in [-0.15, -0.1) is 11.3 Å². The van der Waals surface area contributed by atoms with Crippen LogP contribution in [0.5, 0.6) is 0 Å². The van der Waals surface area contributed by atoms with E-state index in [1.807, 2.05) is 6.07 Å². The van der Waals surface area contributed by atoms with E-state index in [0.717, 1.165) is 14.1 Å². The molecule has 0 fully saturated rings. The van der Waals surface area contributed by atoms with Gasteiger partial charge in [0.2, 0.25) is 0 Å². The number of hydrogen-bond donors (Lipinski definition) is 1. The lowest BCUT2D eigenvalue weighted by Gasteiger charge is -2.09. The number of rotatable bonds is 3. The first-order valence-corrected chi connectivity index (χ1v) is 7.58. The summed E-state index contributed by atoms with van der Waals surface area (Å²) in [4.78, 5) is 5.03. The molecule has 2 rings (SSSR count). The molecule has 2 nitrogen and oxygen atoms in total. The van der Waals surface area contributed by atoms with Gasteiger partial charge in [-0.1, -0.05) is 34.8 Å². The number of anilines is 1. The highest BCUT2D eigenvalue weighted by molar-refractivity contribution is 14.1. The molecule has 0 amide bonds. The maximum atomic E-state index is 6.12. The third-order valence-electron chi connectivity index (χ3n) is 1.97. The Bertz CT molecular complexity index is 521. The van der Waals surface area contributed by atoms with Crippen molar-refractivity contribution in [2.75, 3.05) is 5.32 Å². The van der Waals surface area contributed by atoms with Crippen molar-refractivity contribution in [1.29, 1.82) is 0 Å². The van der Waals surface area contributed by atoms with Crippen LogP contribution in [0.3, 0.4) is 0 Å². The van der Waals surface area contributed by atoms with Crippen molar-refractivity contribution in [2.24, 2.45) is 0 Å². The molecule has 0 bridgehead atoms. The molecule has 2 aromatic rings. The van der Waals surface area contributed by atoms with Crippen molar-refractivity contribution in [2.45, 2.75) is 6.54 Å². The molecule has 0 aliphatic heterocycles. The SMILES string of the molecule is Clc1cc(Cl)c(NCc2cnc(Cl)s2)c(I)c1. The van der Waals surface area contributed by atoms with Gasteiger partial charge in [0.15, 0.2) is 4.47 Å². The zero-order chi connectivity index (χ0) is 12.4. The van der Waals surface area contributed by atoms with E-state index >= 15 is 0 Å². The summed E-state index contributed by atoms with van der Waals surface area (Å²) in [5.74, 6) is 0. The second-order valence-electron chi connectivity index (χ2n) is 3.18. The number of thiazole rings is 1. The highest BCUT2D eigenvalue weighted by atomic mass is 127. The Morgan fingerprint density at radius 3 is 2.65 bits per heavy atom. The number of nitrogens with zero attached hydrogens (tertiary/aromatic N) is 1. The largest absolute Gasteiger partial charge is 0.378 e. The summed E-state index contributed by atoms with van der Waals surface area (Å²) in [5.41, 5.74) is 0.876. The maximum absolute atomic E-state index is 6.12. The van der Waals surface area contributed by atoms with Gasteiger partial charge < -0.3 is 5.32 Å². The van der Waals surface area contributed by atoms with Gasteiger partial charge in [0.1, 0.15) is 0 Å². The van der Waals surface area contributed by atoms with E-state index in [4.69, 9.17) is 34.8 Å². The van der Waals surface area contributed by atoms with Gasteiger partial charge in [0.05, 0.1) is 17.3 Å². The monoisotopic (exact) mass is 418 g/mol. The van der Waals surface area contributed by atoms with Crippen molar-refractivity contribution in [3.8, 4) is 0 Å². The summed E-state index contributed by atoms with van der Waals surface area (Å²) in [5, 5.41) is 4.49. The fourth-order valence-corrected chi connectivity index (χ4v) is 3.89. The Hall–Kier alpha value is 0.250. The molecule has 1 N–H and O–H groups in total. The van der Waals surface area contributed by atoms with E-state index < -0.39 is 0 Å². The van der Waals surface area contributed by atoms with E-state index in [0.29, 0.717) is 21.1 Å². The van der Waals surface area contributed by atoms with Crippen LogP contribution >= 0.6 is 68.7 Å². The average molecular weight is 420 g/mol. The Labute approximate surface area is 131 Å². The number of hydrogen-bond acceptors (Lipinski definition) is 3. The Morgan fingerprint density at radius 1 is 1.29 bits per heavy atom. The van der Waals surface area contributed by atoms with Crippen LogP contribution < -0.4 is 5.32 Å².